The summed E-state index contributed by atoms with van der Waals surface area (Å²) in [6.07, 6.45) is 1.53. The number of furan rings is 1. The maximum atomic E-state index is 11.5. The fourth-order valence-electron chi connectivity index (χ4n) is 1.33. The number of hydrogen-bond donors (Lipinski definition) is 0. The zero-order valence-electron chi connectivity index (χ0n) is 8.97. The molecule has 0 atom stereocenters. The Bertz CT molecular complexity index is 471. The Morgan fingerprint density at radius 2 is 2.06 bits per heavy atom. The van der Waals surface area contributed by atoms with E-state index >= 15 is 0 Å². The molecule has 1 heterocycles. The van der Waals surface area contributed by atoms with Crippen LogP contribution in [0.5, 0.6) is 0 Å². The third-order valence-electron chi connectivity index (χ3n) is 2.14. The second-order valence-corrected chi connectivity index (χ2v) is 3.55. The lowest BCUT2D eigenvalue weighted by atomic mass is 10.2. The molecule has 0 aliphatic carbocycles. The highest BCUT2D eigenvalue weighted by molar-refractivity contribution is 5.86. The molecule has 2 rings (SSSR count). The van der Waals surface area contributed by atoms with Gasteiger partial charge >= 0.3 is 5.97 Å². The Labute approximate surface area is 93.7 Å². The predicted molar refractivity (Wildman–Crippen MR) is 59.0 cm³/mol. The van der Waals surface area contributed by atoms with Gasteiger partial charge in [0.15, 0.2) is 0 Å². The SMILES string of the molecule is Cc1coc(C(=O)OCc2ccccc2)c1. The van der Waals surface area contributed by atoms with Gasteiger partial charge in [0.1, 0.15) is 6.61 Å². The lowest BCUT2D eigenvalue weighted by Crippen LogP contribution is -2.03. The molecule has 0 amide bonds. The lowest BCUT2D eigenvalue weighted by Gasteiger charge is -2.02. The van der Waals surface area contributed by atoms with Gasteiger partial charge in [0.05, 0.1) is 6.26 Å². The molecule has 0 spiro atoms. The van der Waals surface area contributed by atoms with Crippen LogP contribution >= 0.6 is 0 Å². The van der Waals surface area contributed by atoms with E-state index in [4.69, 9.17) is 9.15 Å². The molecule has 1 aromatic carbocycles. The van der Waals surface area contributed by atoms with E-state index in [1.54, 1.807) is 6.07 Å². The zero-order valence-corrected chi connectivity index (χ0v) is 8.97. The molecule has 0 saturated heterocycles. The Morgan fingerprint density at radius 1 is 1.31 bits per heavy atom. The van der Waals surface area contributed by atoms with Crippen LogP contribution in [-0.4, -0.2) is 5.97 Å². The second-order valence-electron chi connectivity index (χ2n) is 3.55. The first-order chi connectivity index (χ1) is 7.75. The topological polar surface area (TPSA) is 39.4 Å². The molecule has 0 aliphatic rings. The van der Waals surface area contributed by atoms with Gasteiger partial charge in [-0.15, -0.1) is 0 Å². The highest BCUT2D eigenvalue weighted by Crippen LogP contribution is 2.09. The van der Waals surface area contributed by atoms with Crippen molar-refractivity contribution in [3.63, 3.8) is 0 Å². The van der Waals surface area contributed by atoms with Gasteiger partial charge < -0.3 is 9.15 Å². The van der Waals surface area contributed by atoms with E-state index in [0.717, 1.165) is 11.1 Å². The van der Waals surface area contributed by atoms with Crippen molar-refractivity contribution in [2.24, 2.45) is 0 Å². The van der Waals surface area contributed by atoms with Crippen LogP contribution in [0.15, 0.2) is 47.1 Å². The van der Waals surface area contributed by atoms with Gasteiger partial charge in [-0.1, -0.05) is 30.3 Å². The number of carbonyl (C=O) groups excluding carboxylic acids is 1. The van der Waals surface area contributed by atoms with Crippen molar-refractivity contribution in [3.05, 3.63) is 59.5 Å². The minimum Gasteiger partial charge on any atom is -0.457 e. The smallest absolute Gasteiger partial charge is 0.374 e. The van der Waals surface area contributed by atoms with E-state index in [9.17, 15) is 4.79 Å². The highest BCUT2D eigenvalue weighted by atomic mass is 16.5. The minimum absolute atomic E-state index is 0.244. The molecule has 1 aromatic heterocycles. The summed E-state index contributed by atoms with van der Waals surface area (Å²) in [6, 6.07) is 11.2. The summed E-state index contributed by atoms with van der Waals surface area (Å²) in [7, 11) is 0. The molecular formula is C13H12O3. The lowest BCUT2D eigenvalue weighted by molar-refractivity contribution is 0.0436. The predicted octanol–water partition coefficient (Wildman–Crippen LogP) is 2.95. The molecule has 0 bridgehead atoms. The number of aryl methyl sites for hydroxylation is 1. The molecule has 2 aromatic rings. The third-order valence-corrected chi connectivity index (χ3v) is 2.14. The Balaban J connectivity index is 1.94. The molecule has 0 N–H and O–H groups in total. The first-order valence-electron chi connectivity index (χ1n) is 5.02. The molecule has 0 aliphatic heterocycles. The molecule has 16 heavy (non-hydrogen) atoms. The van der Waals surface area contributed by atoms with E-state index in [0.29, 0.717) is 0 Å². The van der Waals surface area contributed by atoms with Gasteiger partial charge in [-0.25, -0.2) is 4.79 Å². The molecule has 3 heteroatoms. The van der Waals surface area contributed by atoms with Gasteiger partial charge in [-0.05, 0) is 24.1 Å². The standard InChI is InChI=1S/C13H12O3/c1-10-7-12(15-8-10)13(14)16-9-11-5-3-2-4-6-11/h2-8H,9H2,1H3. The van der Waals surface area contributed by atoms with E-state index in [-0.39, 0.29) is 12.4 Å². The van der Waals surface area contributed by atoms with Crippen LogP contribution in [0.2, 0.25) is 0 Å². The maximum Gasteiger partial charge on any atom is 0.374 e. The number of rotatable bonds is 3. The Morgan fingerprint density at radius 3 is 2.69 bits per heavy atom. The Hall–Kier alpha value is -2.03. The van der Waals surface area contributed by atoms with Crippen LogP contribution in [0.1, 0.15) is 21.7 Å². The maximum absolute atomic E-state index is 11.5. The van der Waals surface area contributed by atoms with Gasteiger partial charge in [0.25, 0.3) is 0 Å². The number of hydrogen-bond acceptors (Lipinski definition) is 3. The van der Waals surface area contributed by atoms with Crippen LogP contribution in [0.3, 0.4) is 0 Å². The molecular weight excluding hydrogens is 204 g/mol. The summed E-state index contributed by atoms with van der Waals surface area (Å²) < 4.78 is 10.1. The molecule has 0 saturated carbocycles. The molecule has 0 fully saturated rings. The van der Waals surface area contributed by atoms with Crippen LogP contribution in [0.4, 0.5) is 0 Å². The van der Waals surface area contributed by atoms with Gasteiger partial charge in [-0.2, -0.15) is 0 Å². The summed E-state index contributed by atoms with van der Waals surface area (Å²) in [6.45, 7) is 2.12. The summed E-state index contributed by atoms with van der Waals surface area (Å²) in [5.41, 5.74) is 1.87. The van der Waals surface area contributed by atoms with Crippen molar-refractivity contribution in [3.8, 4) is 0 Å². The van der Waals surface area contributed by atoms with Crippen LogP contribution in [-0.2, 0) is 11.3 Å². The monoisotopic (exact) mass is 216 g/mol. The summed E-state index contributed by atoms with van der Waals surface area (Å²) in [4.78, 5) is 11.5. The summed E-state index contributed by atoms with van der Waals surface area (Å²) in [5, 5.41) is 0. The van der Waals surface area contributed by atoms with Crippen LogP contribution < -0.4 is 0 Å². The zero-order chi connectivity index (χ0) is 11.4. The van der Waals surface area contributed by atoms with Crippen molar-refractivity contribution >= 4 is 5.97 Å². The van der Waals surface area contributed by atoms with Crippen LogP contribution in [0.25, 0.3) is 0 Å². The molecule has 0 radical (unpaired) electrons. The number of benzene rings is 1. The van der Waals surface area contributed by atoms with Crippen molar-refractivity contribution in [1.82, 2.24) is 0 Å². The van der Waals surface area contributed by atoms with Crippen molar-refractivity contribution in [1.29, 1.82) is 0 Å². The normalized spacial score (nSPS) is 10.1. The van der Waals surface area contributed by atoms with Crippen LogP contribution in [0, 0.1) is 6.92 Å². The second kappa shape index (κ2) is 4.66. The quantitative estimate of drug-likeness (QED) is 0.740. The number of carbonyl (C=O) groups is 1. The van der Waals surface area contributed by atoms with E-state index in [2.05, 4.69) is 0 Å². The van der Waals surface area contributed by atoms with Gasteiger partial charge in [0.2, 0.25) is 5.76 Å². The van der Waals surface area contributed by atoms with Gasteiger partial charge in [0, 0.05) is 0 Å². The first kappa shape index (κ1) is 10.5. The first-order valence-corrected chi connectivity index (χ1v) is 5.02. The van der Waals surface area contributed by atoms with E-state index < -0.39 is 5.97 Å². The average Bonchev–Trinajstić information content (AvgIpc) is 2.74. The Kier molecular flexibility index (Phi) is 3.05. The highest BCUT2D eigenvalue weighted by Gasteiger charge is 2.11. The summed E-state index contributed by atoms with van der Waals surface area (Å²) in [5.74, 6) is -0.189. The minimum atomic E-state index is -0.433. The number of ether oxygens (including phenoxy) is 1. The van der Waals surface area contributed by atoms with Crippen molar-refractivity contribution in [2.45, 2.75) is 13.5 Å². The third kappa shape index (κ3) is 2.51. The van der Waals surface area contributed by atoms with E-state index in [1.807, 2.05) is 37.3 Å². The largest absolute Gasteiger partial charge is 0.457 e. The number of esters is 1. The molecule has 0 unspecified atom stereocenters. The van der Waals surface area contributed by atoms with E-state index in [1.165, 1.54) is 6.26 Å². The fourth-order valence-corrected chi connectivity index (χ4v) is 1.33. The van der Waals surface area contributed by atoms with Crippen molar-refractivity contribution in [2.75, 3.05) is 0 Å². The molecule has 82 valence electrons. The average molecular weight is 216 g/mol. The van der Waals surface area contributed by atoms with Crippen molar-refractivity contribution < 1.29 is 13.9 Å². The molecule has 3 nitrogen and oxygen atoms in total. The summed E-state index contributed by atoms with van der Waals surface area (Å²) >= 11 is 0. The fraction of sp³-hybridized carbons (Fsp3) is 0.154. The van der Waals surface area contributed by atoms with Gasteiger partial charge in [-0.3, -0.25) is 0 Å².